The van der Waals surface area contributed by atoms with E-state index < -0.39 is 0 Å². The first-order valence-corrected chi connectivity index (χ1v) is 7.39. The topological polar surface area (TPSA) is 40.6 Å². The van der Waals surface area contributed by atoms with E-state index in [1.165, 1.54) is 0 Å². The molecule has 1 unspecified atom stereocenters. The molecule has 106 valence electrons. The Kier molecular flexibility index (Phi) is 3.61. The van der Waals surface area contributed by atoms with E-state index in [4.69, 9.17) is 23.2 Å². The molecule has 2 heterocycles. The van der Waals surface area contributed by atoms with Crippen LogP contribution in [0.2, 0.25) is 10.0 Å². The lowest BCUT2D eigenvalue weighted by Gasteiger charge is -2.25. The molecule has 2 aliphatic heterocycles. The van der Waals surface area contributed by atoms with Crippen LogP contribution in [-0.4, -0.2) is 35.8 Å². The molecule has 3 rings (SSSR count). The van der Waals surface area contributed by atoms with Crippen LogP contribution in [0.4, 0.5) is 5.69 Å². The number of halogens is 2. The molecule has 0 aliphatic carbocycles. The summed E-state index contributed by atoms with van der Waals surface area (Å²) in [7, 11) is 0. The van der Waals surface area contributed by atoms with E-state index >= 15 is 0 Å². The Morgan fingerprint density at radius 3 is 2.65 bits per heavy atom. The Balaban J connectivity index is 1.94. The van der Waals surface area contributed by atoms with Crippen LogP contribution < -0.4 is 4.90 Å². The average molecular weight is 313 g/mol. The van der Waals surface area contributed by atoms with Gasteiger partial charge in [0.15, 0.2) is 0 Å². The number of anilines is 1. The monoisotopic (exact) mass is 312 g/mol. The maximum absolute atomic E-state index is 12.6. The number of carbonyl (C=O) groups excluding carboxylic acids is 2. The van der Waals surface area contributed by atoms with E-state index in [-0.39, 0.29) is 17.9 Å². The minimum atomic E-state index is -0.320. The second-order valence-electron chi connectivity index (χ2n) is 5.08. The van der Waals surface area contributed by atoms with Crippen LogP contribution in [-0.2, 0) is 9.59 Å². The molecule has 1 aromatic rings. The summed E-state index contributed by atoms with van der Waals surface area (Å²) < 4.78 is 0. The van der Waals surface area contributed by atoms with Gasteiger partial charge in [-0.2, -0.15) is 0 Å². The molecule has 0 radical (unpaired) electrons. The molecule has 20 heavy (non-hydrogen) atoms. The molecule has 6 heteroatoms. The first kappa shape index (κ1) is 13.7. The first-order chi connectivity index (χ1) is 9.58. The van der Waals surface area contributed by atoms with Gasteiger partial charge in [-0.25, -0.2) is 0 Å². The zero-order valence-electron chi connectivity index (χ0n) is 10.8. The molecule has 4 nitrogen and oxygen atoms in total. The fourth-order valence-electron chi connectivity index (χ4n) is 2.87. The lowest BCUT2D eigenvalue weighted by atomic mass is 10.2. The quantitative estimate of drug-likeness (QED) is 0.800. The lowest BCUT2D eigenvalue weighted by molar-refractivity contribution is -0.135. The van der Waals surface area contributed by atoms with Crippen molar-refractivity contribution in [1.29, 1.82) is 0 Å². The van der Waals surface area contributed by atoms with Crippen LogP contribution in [0.1, 0.15) is 19.3 Å². The fraction of sp³-hybridized carbons (Fsp3) is 0.429. The Bertz CT molecular complexity index is 576. The Morgan fingerprint density at radius 2 is 1.90 bits per heavy atom. The van der Waals surface area contributed by atoms with E-state index in [1.54, 1.807) is 28.0 Å². The summed E-state index contributed by atoms with van der Waals surface area (Å²) in [5.74, 6) is 0.0372. The van der Waals surface area contributed by atoms with Crippen LogP contribution in [0, 0.1) is 0 Å². The predicted octanol–water partition coefficient (Wildman–Crippen LogP) is 2.72. The highest BCUT2D eigenvalue weighted by Gasteiger charge is 2.39. The molecule has 1 atom stereocenters. The number of benzene rings is 1. The molecule has 2 saturated heterocycles. The van der Waals surface area contributed by atoms with Crippen molar-refractivity contribution in [1.82, 2.24) is 4.90 Å². The molecule has 0 spiro atoms. The summed E-state index contributed by atoms with van der Waals surface area (Å²) in [5, 5.41) is 0.868. The second-order valence-corrected chi connectivity index (χ2v) is 5.90. The third-order valence-electron chi connectivity index (χ3n) is 3.89. The van der Waals surface area contributed by atoms with Gasteiger partial charge in [0, 0.05) is 25.2 Å². The number of hydrogen-bond acceptors (Lipinski definition) is 2. The van der Waals surface area contributed by atoms with Crippen molar-refractivity contribution < 1.29 is 9.59 Å². The minimum Gasteiger partial charge on any atom is -0.331 e. The van der Waals surface area contributed by atoms with Gasteiger partial charge in [0.1, 0.15) is 6.04 Å². The van der Waals surface area contributed by atoms with Crippen molar-refractivity contribution in [3.63, 3.8) is 0 Å². The maximum Gasteiger partial charge on any atom is 0.249 e. The van der Waals surface area contributed by atoms with Crippen LogP contribution in [0.25, 0.3) is 0 Å². The maximum atomic E-state index is 12.6. The molecular weight excluding hydrogens is 299 g/mol. The smallest absolute Gasteiger partial charge is 0.249 e. The number of carbonyl (C=O) groups is 2. The van der Waals surface area contributed by atoms with Gasteiger partial charge in [0.2, 0.25) is 11.8 Å². The van der Waals surface area contributed by atoms with Gasteiger partial charge in [0.05, 0.1) is 10.0 Å². The first-order valence-electron chi connectivity index (χ1n) is 6.64. The van der Waals surface area contributed by atoms with Crippen LogP contribution in [0.3, 0.4) is 0 Å². The summed E-state index contributed by atoms with van der Waals surface area (Å²) in [6.45, 7) is 1.08. The molecule has 2 amide bonds. The third-order valence-corrected chi connectivity index (χ3v) is 4.63. The van der Waals surface area contributed by atoms with E-state index in [9.17, 15) is 9.59 Å². The van der Waals surface area contributed by atoms with Crippen molar-refractivity contribution in [2.24, 2.45) is 0 Å². The highest BCUT2D eigenvalue weighted by molar-refractivity contribution is 6.42. The lowest BCUT2D eigenvalue weighted by Crippen LogP contribution is -2.43. The van der Waals surface area contributed by atoms with Crippen molar-refractivity contribution >= 4 is 40.7 Å². The molecule has 0 aromatic heterocycles. The number of nitrogens with zero attached hydrogens (tertiary/aromatic N) is 2. The van der Waals surface area contributed by atoms with E-state index in [2.05, 4.69) is 0 Å². The molecule has 2 aliphatic rings. The Morgan fingerprint density at radius 1 is 1.10 bits per heavy atom. The summed E-state index contributed by atoms with van der Waals surface area (Å²) in [6, 6.07) is 4.79. The van der Waals surface area contributed by atoms with E-state index in [1.807, 2.05) is 0 Å². The zero-order valence-corrected chi connectivity index (χ0v) is 12.3. The van der Waals surface area contributed by atoms with Crippen LogP contribution in [0.5, 0.6) is 0 Å². The van der Waals surface area contributed by atoms with Crippen molar-refractivity contribution in [3.8, 4) is 0 Å². The van der Waals surface area contributed by atoms with E-state index in [0.717, 1.165) is 12.8 Å². The fourth-order valence-corrected chi connectivity index (χ4v) is 3.16. The molecule has 0 saturated carbocycles. The predicted molar refractivity (Wildman–Crippen MR) is 78.2 cm³/mol. The summed E-state index contributed by atoms with van der Waals surface area (Å²) in [5.41, 5.74) is 0.700. The molecule has 1 aromatic carbocycles. The third kappa shape index (κ3) is 2.27. The van der Waals surface area contributed by atoms with Gasteiger partial charge in [-0.3, -0.25) is 9.59 Å². The second kappa shape index (κ2) is 5.26. The Labute approximate surface area is 127 Å². The van der Waals surface area contributed by atoms with Crippen LogP contribution in [0.15, 0.2) is 18.2 Å². The molecule has 0 N–H and O–H groups in total. The zero-order chi connectivity index (χ0) is 14.3. The highest BCUT2D eigenvalue weighted by Crippen LogP contribution is 2.31. The molecule has 2 fully saturated rings. The SMILES string of the molecule is O=C1C2CCCN2C(=O)CCN1c1ccc(Cl)c(Cl)c1. The van der Waals surface area contributed by atoms with Gasteiger partial charge >= 0.3 is 0 Å². The van der Waals surface area contributed by atoms with Crippen LogP contribution >= 0.6 is 23.2 Å². The Hall–Kier alpha value is -1.26. The molecular formula is C14H14Cl2N2O2. The highest BCUT2D eigenvalue weighted by atomic mass is 35.5. The number of rotatable bonds is 1. The van der Waals surface area contributed by atoms with Gasteiger partial charge in [-0.15, -0.1) is 0 Å². The normalized spacial score (nSPS) is 23.0. The van der Waals surface area contributed by atoms with Crippen molar-refractivity contribution in [2.75, 3.05) is 18.0 Å². The van der Waals surface area contributed by atoms with Crippen molar-refractivity contribution in [2.45, 2.75) is 25.3 Å². The van der Waals surface area contributed by atoms with Gasteiger partial charge < -0.3 is 9.80 Å². The summed E-state index contributed by atoms with van der Waals surface area (Å²) in [4.78, 5) is 28.0. The minimum absolute atomic E-state index is 0.0215. The van der Waals surface area contributed by atoms with Gasteiger partial charge in [-0.05, 0) is 31.0 Å². The number of fused-ring (bicyclic) bond motifs is 1. The number of hydrogen-bond donors (Lipinski definition) is 0. The van der Waals surface area contributed by atoms with Gasteiger partial charge in [0.25, 0.3) is 0 Å². The summed E-state index contributed by atoms with van der Waals surface area (Å²) >= 11 is 11.9. The van der Waals surface area contributed by atoms with Gasteiger partial charge in [-0.1, -0.05) is 23.2 Å². The average Bonchev–Trinajstić information content (AvgIpc) is 2.87. The number of amides is 2. The van der Waals surface area contributed by atoms with E-state index in [0.29, 0.717) is 35.2 Å². The van der Waals surface area contributed by atoms with Crippen molar-refractivity contribution in [3.05, 3.63) is 28.2 Å². The summed E-state index contributed by atoms with van der Waals surface area (Å²) in [6.07, 6.45) is 1.97. The standard InChI is InChI=1S/C14H14Cl2N2O2/c15-10-4-3-9(8-11(10)16)17-7-5-13(19)18-6-1-2-12(18)14(17)20/h3-4,8,12H,1-2,5-7H2. The largest absolute Gasteiger partial charge is 0.331 e. The molecule has 0 bridgehead atoms.